The van der Waals surface area contributed by atoms with Crippen molar-refractivity contribution >= 4 is 21.8 Å². The first-order chi connectivity index (χ1) is 8.83. The fourth-order valence-corrected chi connectivity index (χ4v) is 1.83. The van der Waals surface area contributed by atoms with E-state index in [1.165, 1.54) is 5.56 Å². The molecule has 0 bridgehead atoms. The second-order valence-electron chi connectivity index (χ2n) is 3.99. The van der Waals surface area contributed by atoms with Crippen molar-refractivity contribution in [1.82, 2.24) is 5.32 Å². The van der Waals surface area contributed by atoms with Crippen LogP contribution < -0.4 is 5.32 Å². The van der Waals surface area contributed by atoms with Crippen LogP contribution in [0.1, 0.15) is 18.4 Å². The maximum Gasteiger partial charge on any atom is 0.220 e. The Labute approximate surface area is 117 Å². The van der Waals surface area contributed by atoms with Crippen LogP contribution in [0.15, 0.2) is 30.3 Å². The number of halogens is 1. The van der Waals surface area contributed by atoms with Crippen molar-refractivity contribution in [2.75, 3.05) is 25.1 Å². The lowest BCUT2D eigenvalue weighted by atomic mass is 10.1. The molecule has 0 unspecified atom stereocenters. The van der Waals surface area contributed by atoms with E-state index in [9.17, 15) is 4.79 Å². The molecule has 3 nitrogen and oxygen atoms in total. The lowest BCUT2D eigenvalue weighted by molar-refractivity contribution is -0.121. The fraction of sp³-hybridized carbons (Fsp3) is 0.500. The highest BCUT2D eigenvalue weighted by Gasteiger charge is 2.00. The Morgan fingerprint density at radius 3 is 2.72 bits per heavy atom. The van der Waals surface area contributed by atoms with Gasteiger partial charge in [-0.15, -0.1) is 0 Å². The summed E-state index contributed by atoms with van der Waals surface area (Å²) in [6.07, 6.45) is 2.42. The topological polar surface area (TPSA) is 38.3 Å². The molecule has 0 aliphatic rings. The minimum atomic E-state index is 0.105. The number of aryl methyl sites for hydroxylation is 1. The van der Waals surface area contributed by atoms with Gasteiger partial charge in [0, 0.05) is 18.3 Å². The molecule has 1 aromatic rings. The highest BCUT2D eigenvalue weighted by molar-refractivity contribution is 9.09. The largest absolute Gasteiger partial charge is 0.379 e. The molecule has 0 saturated heterocycles. The van der Waals surface area contributed by atoms with E-state index in [0.29, 0.717) is 26.2 Å². The van der Waals surface area contributed by atoms with Gasteiger partial charge in [-0.25, -0.2) is 0 Å². The molecule has 1 N–H and O–H groups in total. The first-order valence-corrected chi connectivity index (χ1v) is 7.39. The van der Waals surface area contributed by atoms with Crippen LogP contribution in [0.2, 0.25) is 0 Å². The van der Waals surface area contributed by atoms with Crippen LogP contribution >= 0.6 is 15.9 Å². The average molecular weight is 314 g/mol. The van der Waals surface area contributed by atoms with Crippen LogP contribution in [0.25, 0.3) is 0 Å². The van der Waals surface area contributed by atoms with Crippen molar-refractivity contribution < 1.29 is 9.53 Å². The van der Waals surface area contributed by atoms with Gasteiger partial charge in [-0.1, -0.05) is 46.3 Å². The highest BCUT2D eigenvalue weighted by atomic mass is 79.9. The molecule has 100 valence electrons. The minimum Gasteiger partial charge on any atom is -0.379 e. The third kappa shape index (κ3) is 7.45. The van der Waals surface area contributed by atoms with Crippen LogP contribution in [-0.2, 0) is 16.0 Å². The van der Waals surface area contributed by atoms with Gasteiger partial charge in [-0.05, 0) is 18.4 Å². The molecular weight excluding hydrogens is 294 g/mol. The van der Waals surface area contributed by atoms with Crippen LogP contribution in [-0.4, -0.2) is 31.0 Å². The van der Waals surface area contributed by atoms with E-state index in [1.807, 2.05) is 18.2 Å². The zero-order valence-electron chi connectivity index (χ0n) is 10.5. The maximum atomic E-state index is 11.5. The number of benzene rings is 1. The minimum absolute atomic E-state index is 0.105. The second kappa shape index (κ2) is 10.1. The van der Waals surface area contributed by atoms with Gasteiger partial charge < -0.3 is 10.1 Å². The van der Waals surface area contributed by atoms with Crippen molar-refractivity contribution in [3.63, 3.8) is 0 Å². The van der Waals surface area contributed by atoms with Crippen molar-refractivity contribution in [3.05, 3.63) is 35.9 Å². The van der Waals surface area contributed by atoms with E-state index >= 15 is 0 Å². The lowest BCUT2D eigenvalue weighted by Crippen LogP contribution is -2.27. The molecule has 1 aromatic carbocycles. The third-order valence-corrected chi connectivity index (χ3v) is 2.83. The number of ether oxygens (including phenoxy) is 1. The smallest absolute Gasteiger partial charge is 0.220 e. The zero-order chi connectivity index (χ0) is 13.1. The molecule has 0 radical (unpaired) electrons. The molecule has 4 heteroatoms. The predicted octanol–water partition coefficient (Wildman–Crippen LogP) is 2.54. The Morgan fingerprint density at radius 1 is 1.22 bits per heavy atom. The lowest BCUT2D eigenvalue weighted by Gasteiger charge is -2.05. The van der Waals surface area contributed by atoms with Gasteiger partial charge >= 0.3 is 0 Å². The molecule has 1 rings (SSSR count). The van der Waals surface area contributed by atoms with Gasteiger partial charge in [0.25, 0.3) is 0 Å². The van der Waals surface area contributed by atoms with Crippen LogP contribution in [0.3, 0.4) is 0 Å². The second-order valence-corrected chi connectivity index (χ2v) is 4.78. The molecule has 0 spiro atoms. The summed E-state index contributed by atoms with van der Waals surface area (Å²) in [7, 11) is 0. The molecule has 18 heavy (non-hydrogen) atoms. The number of nitrogens with one attached hydrogen (secondary N) is 1. The number of alkyl halides is 1. The summed E-state index contributed by atoms with van der Waals surface area (Å²) < 4.78 is 5.25. The van der Waals surface area contributed by atoms with Gasteiger partial charge in [0.15, 0.2) is 0 Å². The number of amides is 1. The first kappa shape index (κ1) is 15.2. The molecular formula is C14H20BrNO2. The van der Waals surface area contributed by atoms with Crippen molar-refractivity contribution in [2.24, 2.45) is 0 Å². The number of rotatable bonds is 9. The van der Waals surface area contributed by atoms with Gasteiger partial charge in [0.1, 0.15) is 0 Å². The number of hydrogen-bond donors (Lipinski definition) is 1. The van der Waals surface area contributed by atoms with Crippen LogP contribution in [0.4, 0.5) is 0 Å². The Hall–Kier alpha value is -0.870. The quantitative estimate of drug-likeness (QED) is 0.562. The Morgan fingerprint density at radius 2 is 2.00 bits per heavy atom. The zero-order valence-corrected chi connectivity index (χ0v) is 12.1. The normalized spacial score (nSPS) is 10.3. The van der Waals surface area contributed by atoms with Gasteiger partial charge in [0.05, 0.1) is 13.2 Å². The fourth-order valence-electron chi connectivity index (χ4n) is 1.61. The average Bonchev–Trinajstić information content (AvgIpc) is 2.40. The Kier molecular flexibility index (Phi) is 8.51. The molecule has 0 saturated carbocycles. The van der Waals surface area contributed by atoms with E-state index < -0.39 is 0 Å². The number of carbonyl (C=O) groups is 1. The van der Waals surface area contributed by atoms with E-state index in [0.717, 1.165) is 18.2 Å². The van der Waals surface area contributed by atoms with E-state index in [-0.39, 0.29) is 5.91 Å². The molecule has 0 heterocycles. The van der Waals surface area contributed by atoms with Crippen molar-refractivity contribution in [2.45, 2.75) is 19.3 Å². The van der Waals surface area contributed by atoms with Crippen LogP contribution in [0, 0.1) is 0 Å². The van der Waals surface area contributed by atoms with Gasteiger partial charge in [-0.3, -0.25) is 4.79 Å². The van der Waals surface area contributed by atoms with E-state index in [2.05, 4.69) is 33.4 Å². The summed E-state index contributed by atoms with van der Waals surface area (Å²) in [5.41, 5.74) is 1.28. The molecule has 0 aliphatic heterocycles. The maximum absolute atomic E-state index is 11.5. The SMILES string of the molecule is O=C(CCCc1ccccc1)NCCOCCBr. The van der Waals surface area contributed by atoms with E-state index in [4.69, 9.17) is 4.74 Å². The van der Waals surface area contributed by atoms with Gasteiger partial charge in [-0.2, -0.15) is 0 Å². The van der Waals surface area contributed by atoms with Crippen molar-refractivity contribution in [3.8, 4) is 0 Å². The Balaban J connectivity index is 2.00. The highest BCUT2D eigenvalue weighted by Crippen LogP contribution is 2.04. The summed E-state index contributed by atoms with van der Waals surface area (Å²) in [5.74, 6) is 0.105. The summed E-state index contributed by atoms with van der Waals surface area (Å²) >= 11 is 3.27. The predicted molar refractivity (Wildman–Crippen MR) is 77.0 cm³/mol. The summed E-state index contributed by atoms with van der Waals surface area (Å²) in [5, 5.41) is 3.68. The Bertz CT molecular complexity index is 330. The monoisotopic (exact) mass is 313 g/mol. The van der Waals surface area contributed by atoms with E-state index in [1.54, 1.807) is 0 Å². The number of carbonyl (C=O) groups excluding carboxylic acids is 1. The molecule has 0 aromatic heterocycles. The first-order valence-electron chi connectivity index (χ1n) is 6.27. The molecule has 0 aliphatic carbocycles. The standard InChI is InChI=1S/C14H20BrNO2/c15-9-11-18-12-10-16-14(17)8-4-7-13-5-2-1-3-6-13/h1-3,5-6H,4,7-12H2,(H,16,17). The molecule has 0 fully saturated rings. The summed E-state index contributed by atoms with van der Waals surface area (Å²) in [6, 6.07) is 10.2. The molecule has 1 amide bonds. The van der Waals surface area contributed by atoms with Gasteiger partial charge in [0.2, 0.25) is 5.91 Å². The summed E-state index contributed by atoms with van der Waals surface area (Å²) in [4.78, 5) is 11.5. The summed E-state index contributed by atoms with van der Waals surface area (Å²) in [6.45, 7) is 1.86. The number of hydrogen-bond acceptors (Lipinski definition) is 2. The van der Waals surface area contributed by atoms with Crippen LogP contribution in [0.5, 0.6) is 0 Å². The van der Waals surface area contributed by atoms with Crippen molar-refractivity contribution in [1.29, 1.82) is 0 Å². The third-order valence-electron chi connectivity index (χ3n) is 2.50. The molecule has 0 atom stereocenters.